The van der Waals surface area contributed by atoms with Crippen LogP contribution in [0.5, 0.6) is 0 Å². The zero-order valence-corrected chi connectivity index (χ0v) is 11.1. The van der Waals surface area contributed by atoms with E-state index in [1.54, 1.807) is 24.4 Å². The van der Waals surface area contributed by atoms with E-state index in [0.29, 0.717) is 0 Å². The standard InChI is InChI=1S/C11H15ClN4S/c12-5-3-1-2-4-6-17-11-9-10(14-7-13-9)15-8-16-11/h7-8H,1-6H2,(H,13,14,15,16). The van der Waals surface area contributed by atoms with E-state index in [1.165, 1.54) is 19.3 Å². The van der Waals surface area contributed by atoms with Gasteiger partial charge in [0.05, 0.1) is 6.33 Å². The van der Waals surface area contributed by atoms with Crippen molar-refractivity contribution in [3.8, 4) is 0 Å². The molecule has 17 heavy (non-hydrogen) atoms. The van der Waals surface area contributed by atoms with Gasteiger partial charge in [-0.3, -0.25) is 0 Å². The number of H-pyrrole nitrogens is 1. The highest BCUT2D eigenvalue weighted by Gasteiger charge is 2.05. The predicted molar refractivity (Wildman–Crippen MR) is 71.6 cm³/mol. The molecule has 2 heterocycles. The monoisotopic (exact) mass is 270 g/mol. The Morgan fingerprint density at radius 2 is 2.00 bits per heavy atom. The van der Waals surface area contributed by atoms with Gasteiger partial charge in [0, 0.05) is 5.88 Å². The van der Waals surface area contributed by atoms with Crippen molar-refractivity contribution in [2.75, 3.05) is 11.6 Å². The summed E-state index contributed by atoms with van der Waals surface area (Å²) >= 11 is 7.39. The van der Waals surface area contributed by atoms with Gasteiger partial charge in [0.25, 0.3) is 0 Å². The number of aromatic amines is 1. The van der Waals surface area contributed by atoms with Crippen LogP contribution in [0, 0.1) is 0 Å². The van der Waals surface area contributed by atoms with Crippen LogP contribution in [-0.2, 0) is 0 Å². The summed E-state index contributed by atoms with van der Waals surface area (Å²) in [5.74, 6) is 1.85. The van der Waals surface area contributed by atoms with Crippen molar-refractivity contribution in [2.45, 2.75) is 30.7 Å². The second kappa shape index (κ2) is 6.81. The normalized spacial score (nSPS) is 11.1. The van der Waals surface area contributed by atoms with Crippen molar-refractivity contribution < 1.29 is 0 Å². The third kappa shape index (κ3) is 3.57. The van der Waals surface area contributed by atoms with E-state index in [-0.39, 0.29) is 0 Å². The molecule has 0 unspecified atom stereocenters. The number of rotatable bonds is 7. The maximum atomic E-state index is 5.63. The van der Waals surface area contributed by atoms with Gasteiger partial charge >= 0.3 is 0 Å². The molecule has 4 nitrogen and oxygen atoms in total. The number of alkyl halides is 1. The number of aromatic nitrogens is 4. The molecule has 0 radical (unpaired) electrons. The van der Waals surface area contributed by atoms with E-state index in [1.807, 2.05) is 0 Å². The number of hydrogen-bond acceptors (Lipinski definition) is 4. The summed E-state index contributed by atoms with van der Waals surface area (Å²) in [6, 6.07) is 0. The molecule has 1 N–H and O–H groups in total. The topological polar surface area (TPSA) is 54.5 Å². The second-order valence-corrected chi connectivity index (χ2v) is 5.19. The predicted octanol–water partition coefficient (Wildman–Crippen LogP) is 3.24. The molecule has 0 saturated heterocycles. The Hall–Kier alpha value is -0.810. The quantitative estimate of drug-likeness (QED) is 0.363. The van der Waals surface area contributed by atoms with Crippen LogP contribution in [0.25, 0.3) is 11.2 Å². The summed E-state index contributed by atoms with van der Waals surface area (Å²) in [4.78, 5) is 15.6. The van der Waals surface area contributed by atoms with Crippen LogP contribution in [0.1, 0.15) is 25.7 Å². The van der Waals surface area contributed by atoms with Crippen molar-refractivity contribution >= 4 is 34.5 Å². The Balaban J connectivity index is 1.80. The summed E-state index contributed by atoms with van der Waals surface area (Å²) in [6.07, 6.45) is 7.98. The largest absolute Gasteiger partial charge is 0.341 e. The number of nitrogens with zero attached hydrogens (tertiary/aromatic N) is 3. The van der Waals surface area contributed by atoms with E-state index >= 15 is 0 Å². The minimum atomic E-state index is 0.740. The highest BCUT2D eigenvalue weighted by Crippen LogP contribution is 2.22. The number of fused-ring (bicyclic) bond motifs is 1. The fraction of sp³-hybridized carbons (Fsp3) is 0.545. The lowest BCUT2D eigenvalue weighted by molar-refractivity contribution is 0.709. The summed E-state index contributed by atoms with van der Waals surface area (Å²) in [5, 5.41) is 0.991. The Kier molecular flexibility index (Phi) is 5.07. The third-order valence-electron chi connectivity index (χ3n) is 2.45. The summed E-state index contributed by atoms with van der Waals surface area (Å²) in [7, 11) is 0. The molecule has 0 aromatic carbocycles. The molecule has 0 aliphatic heterocycles. The van der Waals surface area contributed by atoms with Crippen molar-refractivity contribution in [1.82, 2.24) is 19.9 Å². The molecular formula is C11H15ClN4S. The van der Waals surface area contributed by atoms with Gasteiger partial charge in [-0.1, -0.05) is 12.8 Å². The Bertz CT molecular complexity index is 459. The van der Waals surface area contributed by atoms with Crippen molar-refractivity contribution in [2.24, 2.45) is 0 Å². The molecule has 2 rings (SSSR count). The van der Waals surface area contributed by atoms with E-state index in [4.69, 9.17) is 11.6 Å². The second-order valence-electron chi connectivity index (χ2n) is 3.73. The minimum Gasteiger partial charge on any atom is -0.341 e. The molecule has 0 fully saturated rings. The van der Waals surface area contributed by atoms with Gasteiger partial charge in [-0.2, -0.15) is 0 Å². The van der Waals surface area contributed by atoms with Gasteiger partial charge < -0.3 is 4.98 Å². The van der Waals surface area contributed by atoms with Gasteiger partial charge in [-0.25, -0.2) is 15.0 Å². The van der Waals surface area contributed by atoms with Gasteiger partial charge in [-0.05, 0) is 18.6 Å². The van der Waals surface area contributed by atoms with Gasteiger partial charge in [-0.15, -0.1) is 23.4 Å². The average Bonchev–Trinajstić information content (AvgIpc) is 2.82. The maximum absolute atomic E-state index is 5.63. The van der Waals surface area contributed by atoms with E-state index in [2.05, 4.69) is 19.9 Å². The lowest BCUT2D eigenvalue weighted by atomic mass is 10.2. The lowest BCUT2D eigenvalue weighted by Crippen LogP contribution is -1.88. The van der Waals surface area contributed by atoms with Gasteiger partial charge in [0.2, 0.25) is 0 Å². The smallest absolute Gasteiger partial charge is 0.181 e. The van der Waals surface area contributed by atoms with Crippen LogP contribution < -0.4 is 0 Å². The van der Waals surface area contributed by atoms with Crippen LogP contribution >= 0.6 is 23.4 Å². The molecule has 6 heteroatoms. The number of unbranched alkanes of at least 4 members (excludes halogenated alkanes) is 3. The Morgan fingerprint density at radius 1 is 1.12 bits per heavy atom. The first-order valence-corrected chi connectivity index (χ1v) is 7.26. The van der Waals surface area contributed by atoms with Crippen LogP contribution in [0.4, 0.5) is 0 Å². The van der Waals surface area contributed by atoms with E-state index < -0.39 is 0 Å². The fourth-order valence-electron chi connectivity index (χ4n) is 1.57. The first-order chi connectivity index (χ1) is 8.42. The molecule has 0 spiro atoms. The number of hydrogen-bond donors (Lipinski definition) is 1. The molecule has 92 valence electrons. The minimum absolute atomic E-state index is 0.740. The molecule has 0 aliphatic rings. The highest BCUT2D eigenvalue weighted by molar-refractivity contribution is 7.99. The molecule has 0 atom stereocenters. The van der Waals surface area contributed by atoms with Crippen molar-refractivity contribution in [1.29, 1.82) is 0 Å². The molecular weight excluding hydrogens is 256 g/mol. The lowest BCUT2D eigenvalue weighted by Gasteiger charge is -2.01. The van der Waals surface area contributed by atoms with Gasteiger partial charge in [0.1, 0.15) is 16.9 Å². The number of halogens is 1. The fourth-order valence-corrected chi connectivity index (χ4v) is 2.72. The van der Waals surface area contributed by atoms with Crippen LogP contribution in [0.2, 0.25) is 0 Å². The van der Waals surface area contributed by atoms with Crippen molar-refractivity contribution in [3.05, 3.63) is 12.7 Å². The Labute approximate surface area is 110 Å². The first kappa shape index (κ1) is 12.6. The first-order valence-electron chi connectivity index (χ1n) is 5.74. The van der Waals surface area contributed by atoms with Crippen LogP contribution in [-0.4, -0.2) is 31.6 Å². The average molecular weight is 271 g/mol. The molecule has 0 aliphatic carbocycles. The maximum Gasteiger partial charge on any atom is 0.181 e. The van der Waals surface area contributed by atoms with Crippen LogP contribution in [0.3, 0.4) is 0 Å². The SMILES string of the molecule is ClCCCCCCSc1ncnc2nc[nH]c12. The molecule has 2 aromatic rings. The Morgan fingerprint density at radius 3 is 2.88 bits per heavy atom. The number of thioether (sulfide) groups is 1. The highest BCUT2D eigenvalue weighted by atomic mass is 35.5. The van der Waals surface area contributed by atoms with E-state index in [0.717, 1.165) is 34.2 Å². The third-order valence-corrected chi connectivity index (χ3v) is 3.80. The molecule has 0 bridgehead atoms. The van der Waals surface area contributed by atoms with E-state index in [9.17, 15) is 0 Å². The molecule has 0 amide bonds. The number of imidazole rings is 1. The molecule has 2 aromatic heterocycles. The zero-order chi connectivity index (χ0) is 11.9. The zero-order valence-electron chi connectivity index (χ0n) is 9.53. The summed E-state index contributed by atoms with van der Waals surface area (Å²) < 4.78 is 0. The summed E-state index contributed by atoms with van der Waals surface area (Å²) in [6.45, 7) is 0. The van der Waals surface area contributed by atoms with Crippen LogP contribution in [0.15, 0.2) is 17.7 Å². The summed E-state index contributed by atoms with van der Waals surface area (Å²) in [5.41, 5.74) is 1.68. The number of nitrogens with one attached hydrogen (secondary N) is 1. The van der Waals surface area contributed by atoms with Crippen molar-refractivity contribution in [3.63, 3.8) is 0 Å². The molecule has 0 saturated carbocycles. The van der Waals surface area contributed by atoms with Gasteiger partial charge in [0.15, 0.2) is 5.65 Å².